The van der Waals surface area contributed by atoms with Crippen molar-refractivity contribution in [2.45, 2.75) is 50.9 Å². The first-order chi connectivity index (χ1) is 10.5. The lowest BCUT2D eigenvalue weighted by Gasteiger charge is -2.30. The van der Waals surface area contributed by atoms with Crippen LogP contribution < -0.4 is 5.32 Å². The first-order valence-corrected chi connectivity index (χ1v) is 8.80. The summed E-state index contributed by atoms with van der Waals surface area (Å²) >= 11 is 1.72. The molecule has 1 aromatic carbocycles. The first kappa shape index (κ1) is 15.4. The number of carbonyl (C=O) groups is 2. The number of nitrogens with zero attached hydrogens (tertiary/aromatic N) is 1. The van der Waals surface area contributed by atoms with E-state index in [-0.39, 0.29) is 22.7 Å². The number of amides is 2. The quantitative estimate of drug-likeness (QED) is 0.932. The standard InChI is InChI=1S/C17H22N2O2S/c1-4-12-7-5-6-11(2)15(12)18-16(21)13-10-22-17(3)9-8-14(20)19(13)17/h5-7,13H,4,8-10H2,1-3H3,(H,18,21)/t13-,17+/m1/s1. The van der Waals surface area contributed by atoms with Crippen molar-refractivity contribution < 1.29 is 9.59 Å². The van der Waals surface area contributed by atoms with Crippen molar-refractivity contribution in [2.24, 2.45) is 0 Å². The van der Waals surface area contributed by atoms with E-state index < -0.39 is 0 Å². The molecule has 0 aromatic heterocycles. The van der Waals surface area contributed by atoms with E-state index in [1.54, 1.807) is 16.7 Å². The summed E-state index contributed by atoms with van der Waals surface area (Å²) in [5.74, 6) is 0.727. The zero-order valence-electron chi connectivity index (χ0n) is 13.3. The highest BCUT2D eigenvalue weighted by Crippen LogP contribution is 2.47. The van der Waals surface area contributed by atoms with Gasteiger partial charge in [0.1, 0.15) is 6.04 Å². The Labute approximate surface area is 135 Å². The van der Waals surface area contributed by atoms with Crippen LogP contribution in [-0.4, -0.2) is 33.4 Å². The summed E-state index contributed by atoms with van der Waals surface area (Å²) in [5, 5.41) is 3.08. The van der Waals surface area contributed by atoms with E-state index in [1.807, 2.05) is 25.1 Å². The highest BCUT2D eigenvalue weighted by atomic mass is 32.2. The van der Waals surface area contributed by atoms with Crippen LogP contribution in [0.25, 0.3) is 0 Å². The Morgan fingerprint density at radius 2 is 2.27 bits per heavy atom. The van der Waals surface area contributed by atoms with Crippen LogP contribution in [0.1, 0.15) is 37.8 Å². The second kappa shape index (κ2) is 5.61. The van der Waals surface area contributed by atoms with Gasteiger partial charge in [-0.1, -0.05) is 25.1 Å². The van der Waals surface area contributed by atoms with Crippen molar-refractivity contribution >= 4 is 29.3 Å². The fourth-order valence-corrected chi connectivity index (χ4v) is 4.86. The Balaban J connectivity index is 1.83. The maximum Gasteiger partial charge on any atom is 0.248 e. The summed E-state index contributed by atoms with van der Waals surface area (Å²) < 4.78 is 0. The Morgan fingerprint density at radius 3 is 3.00 bits per heavy atom. The van der Waals surface area contributed by atoms with Gasteiger partial charge in [0.2, 0.25) is 11.8 Å². The third-order valence-corrected chi connectivity index (χ3v) is 6.24. The third kappa shape index (κ3) is 2.41. The topological polar surface area (TPSA) is 49.4 Å². The zero-order chi connectivity index (χ0) is 15.9. The van der Waals surface area contributed by atoms with Crippen LogP contribution in [0.5, 0.6) is 0 Å². The molecule has 2 fully saturated rings. The summed E-state index contributed by atoms with van der Waals surface area (Å²) in [6, 6.07) is 5.70. The monoisotopic (exact) mass is 318 g/mol. The summed E-state index contributed by atoms with van der Waals surface area (Å²) in [6.07, 6.45) is 2.26. The molecule has 4 nitrogen and oxygen atoms in total. The van der Waals surface area contributed by atoms with Gasteiger partial charge in [-0.3, -0.25) is 9.59 Å². The number of fused-ring (bicyclic) bond motifs is 1. The molecule has 0 unspecified atom stereocenters. The molecule has 5 heteroatoms. The normalized spacial score (nSPS) is 27.1. The summed E-state index contributed by atoms with van der Waals surface area (Å²) in [4.78, 5) is 26.5. The number of anilines is 1. The molecule has 0 spiro atoms. The van der Waals surface area contributed by atoms with E-state index in [0.29, 0.717) is 12.2 Å². The molecule has 2 atom stereocenters. The lowest BCUT2D eigenvalue weighted by atomic mass is 10.1. The molecule has 0 radical (unpaired) electrons. The number of benzene rings is 1. The van der Waals surface area contributed by atoms with Crippen LogP contribution in [0.15, 0.2) is 18.2 Å². The summed E-state index contributed by atoms with van der Waals surface area (Å²) in [5.41, 5.74) is 3.10. The second-order valence-electron chi connectivity index (χ2n) is 6.22. The molecule has 0 saturated carbocycles. The fraction of sp³-hybridized carbons (Fsp3) is 0.529. The molecule has 1 aromatic rings. The highest BCUT2D eigenvalue weighted by molar-refractivity contribution is 8.01. The van der Waals surface area contributed by atoms with Gasteiger partial charge in [-0.25, -0.2) is 0 Å². The van der Waals surface area contributed by atoms with Gasteiger partial charge in [0.25, 0.3) is 0 Å². The molecule has 2 amide bonds. The average molecular weight is 318 g/mol. The van der Waals surface area contributed by atoms with Gasteiger partial charge in [0, 0.05) is 17.9 Å². The number of thioether (sulfide) groups is 1. The highest BCUT2D eigenvalue weighted by Gasteiger charge is 2.52. The number of carbonyl (C=O) groups excluding carboxylic acids is 2. The van der Waals surface area contributed by atoms with E-state index >= 15 is 0 Å². The zero-order valence-corrected chi connectivity index (χ0v) is 14.1. The largest absolute Gasteiger partial charge is 0.324 e. The molecule has 1 N–H and O–H groups in total. The molecule has 2 heterocycles. The number of hydrogen-bond acceptors (Lipinski definition) is 3. The van der Waals surface area contributed by atoms with Gasteiger partial charge < -0.3 is 10.2 Å². The van der Waals surface area contributed by atoms with Gasteiger partial charge >= 0.3 is 0 Å². The molecule has 118 valence electrons. The van der Waals surface area contributed by atoms with E-state index in [2.05, 4.69) is 19.2 Å². The summed E-state index contributed by atoms with van der Waals surface area (Å²) in [6.45, 7) is 6.15. The molecule has 2 aliphatic heterocycles. The van der Waals surface area contributed by atoms with Gasteiger partial charge in [-0.05, 0) is 37.8 Å². The second-order valence-corrected chi connectivity index (χ2v) is 7.72. The number of hydrogen-bond donors (Lipinski definition) is 1. The SMILES string of the molecule is CCc1cccc(C)c1NC(=O)[C@H]1CS[C@@]2(C)CCC(=O)N12. The minimum absolute atomic E-state index is 0.0597. The predicted molar refractivity (Wildman–Crippen MR) is 89.9 cm³/mol. The molecule has 0 bridgehead atoms. The maximum absolute atomic E-state index is 12.7. The molecule has 22 heavy (non-hydrogen) atoms. The van der Waals surface area contributed by atoms with E-state index in [0.717, 1.165) is 29.7 Å². The molecule has 0 aliphatic carbocycles. The Bertz CT molecular complexity index is 631. The summed E-state index contributed by atoms with van der Waals surface area (Å²) in [7, 11) is 0. The van der Waals surface area contributed by atoms with Crippen molar-refractivity contribution in [3.05, 3.63) is 29.3 Å². The van der Waals surface area contributed by atoms with Crippen LogP contribution in [0.4, 0.5) is 5.69 Å². The minimum Gasteiger partial charge on any atom is -0.324 e. The van der Waals surface area contributed by atoms with Crippen molar-refractivity contribution in [3.8, 4) is 0 Å². The molecular weight excluding hydrogens is 296 g/mol. The number of aryl methyl sites for hydroxylation is 2. The molecule has 2 saturated heterocycles. The smallest absolute Gasteiger partial charge is 0.248 e. The average Bonchev–Trinajstić information content (AvgIpc) is 2.98. The lowest BCUT2D eigenvalue weighted by molar-refractivity contribution is -0.135. The van der Waals surface area contributed by atoms with Crippen molar-refractivity contribution in [2.75, 3.05) is 11.1 Å². The minimum atomic E-state index is -0.352. The lowest BCUT2D eigenvalue weighted by Crippen LogP contribution is -2.48. The van der Waals surface area contributed by atoms with Crippen LogP contribution in [0.2, 0.25) is 0 Å². The van der Waals surface area contributed by atoms with Crippen molar-refractivity contribution in [1.29, 1.82) is 0 Å². The van der Waals surface area contributed by atoms with E-state index in [4.69, 9.17) is 0 Å². The number of nitrogens with one attached hydrogen (secondary N) is 1. The molecule has 2 aliphatic rings. The van der Waals surface area contributed by atoms with Crippen LogP contribution in [0, 0.1) is 6.92 Å². The van der Waals surface area contributed by atoms with Gasteiger partial charge in [-0.15, -0.1) is 11.8 Å². The van der Waals surface area contributed by atoms with Crippen molar-refractivity contribution in [3.63, 3.8) is 0 Å². The van der Waals surface area contributed by atoms with Crippen molar-refractivity contribution in [1.82, 2.24) is 4.90 Å². The number of para-hydroxylation sites is 1. The first-order valence-electron chi connectivity index (χ1n) is 7.82. The van der Waals surface area contributed by atoms with Crippen LogP contribution in [0.3, 0.4) is 0 Å². The van der Waals surface area contributed by atoms with Crippen LogP contribution >= 0.6 is 11.8 Å². The van der Waals surface area contributed by atoms with E-state index in [1.165, 1.54) is 0 Å². The Morgan fingerprint density at radius 1 is 1.50 bits per heavy atom. The Hall–Kier alpha value is -1.49. The van der Waals surface area contributed by atoms with E-state index in [9.17, 15) is 9.59 Å². The third-order valence-electron chi connectivity index (χ3n) is 4.74. The fourth-order valence-electron chi connectivity index (χ4n) is 3.42. The van der Waals surface area contributed by atoms with Gasteiger partial charge in [-0.2, -0.15) is 0 Å². The molecule has 3 rings (SSSR count). The van der Waals surface area contributed by atoms with Gasteiger partial charge in [0.15, 0.2) is 0 Å². The van der Waals surface area contributed by atoms with Crippen LogP contribution in [-0.2, 0) is 16.0 Å². The Kier molecular flexibility index (Phi) is 3.93. The van der Waals surface area contributed by atoms with Gasteiger partial charge in [0.05, 0.1) is 4.87 Å². The predicted octanol–water partition coefficient (Wildman–Crippen LogP) is 2.95. The molecular formula is C17H22N2O2S. The maximum atomic E-state index is 12.7. The number of rotatable bonds is 3.